The first kappa shape index (κ1) is 34.4. The lowest BCUT2D eigenvalue weighted by atomic mass is 9.81. The van der Waals surface area contributed by atoms with Gasteiger partial charge in [0.25, 0.3) is 0 Å². The Morgan fingerprint density at radius 2 is 0.967 bits per heavy atom. The van der Waals surface area contributed by atoms with Crippen LogP contribution in [-0.4, -0.2) is 9.97 Å². The maximum Gasteiger partial charge on any atom is 0.160 e. The van der Waals surface area contributed by atoms with E-state index in [1.165, 1.54) is 55.1 Å². The third-order valence-electron chi connectivity index (χ3n) is 12.7. The molecule has 282 valence electrons. The van der Waals surface area contributed by atoms with Crippen LogP contribution in [0.2, 0.25) is 0 Å². The Morgan fingerprint density at radius 3 is 1.78 bits per heavy atom. The molecule has 0 atom stereocenters. The van der Waals surface area contributed by atoms with Gasteiger partial charge in [-0.3, -0.25) is 0 Å². The molecule has 0 saturated carbocycles. The Bertz CT molecular complexity index is 3520. The molecular weight excluding hydrogens is 729 g/mol. The van der Waals surface area contributed by atoms with Crippen molar-refractivity contribution in [2.75, 3.05) is 0 Å². The topological polar surface area (TPSA) is 38.9 Å². The highest BCUT2D eigenvalue weighted by Crippen LogP contribution is 2.53. The Labute approximate surface area is 348 Å². The zero-order valence-electron chi connectivity index (χ0n) is 33.3. The van der Waals surface area contributed by atoms with E-state index in [-0.39, 0.29) is 5.41 Å². The van der Waals surface area contributed by atoms with Crippen LogP contribution in [0.5, 0.6) is 0 Å². The van der Waals surface area contributed by atoms with E-state index in [0.717, 1.165) is 61.0 Å². The summed E-state index contributed by atoms with van der Waals surface area (Å²) in [6, 6.07) is 69.6. The fraction of sp³-hybridized carbons (Fsp3) is 0.0526. The summed E-state index contributed by atoms with van der Waals surface area (Å²) < 4.78 is 6.28. The summed E-state index contributed by atoms with van der Waals surface area (Å²) in [6.45, 7) is 4.69. The van der Waals surface area contributed by atoms with Gasteiger partial charge in [-0.1, -0.05) is 159 Å². The van der Waals surface area contributed by atoms with Gasteiger partial charge in [0.2, 0.25) is 0 Å². The summed E-state index contributed by atoms with van der Waals surface area (Å²) in [7, 11) is 0. The monoisotopic (exact) mass is 766 g/mol. The number of aromatic nitrogens is 2. The number of fused-ring (bicyclic) bond motifs is 8. The minimum atomic E-state index is -0.150. The predicted molar refractivity (Wildman–Crippen MR) is 249 cm³/mol. The van der Waals surface area contributed by atoms with E-state index < -0.39 is 0 Å². The minimum Gasteiger partial charge on any atom is -0.456 e. The van der Waals surface area contributed by atoms with E-state index in [4.69, 9.17) is 14.4 Å². The Kier molecular flexibility index (Phi) is 7.58. The fourth-order valence-corrected chi connectivity index (χ4v) is 9.59. The number of rotatable bonds is 5. The molecule has 9 aromatic carbocycles. The molecule has 3 nitrogen and oxygen atoms in total. The molecule has 60 heavy (non-hydrogen) atoms. The highest BCUT2D eigenvalue weighted by molar-refractivity contribution is 6.06. The first-order valence-corrected chi connectivity index (χ1v) is 20.6. The van der Waals surface area contributed by atoms with Crippen molar-refractivity contribution in [1.29, 1.82) is 0 Å². The molecule has 12 rings (SSSR count). The summed E-state index contributed by atoms with van der Waals surface area (Å²) >= 11 is 0. The lowest BCUT2D eigenvalue weighted by Crippen LogP contribution is -2.14. The molecule has 3 heteroatoms. The zero-order chi connectivity index (χ0) is 40.0. The van der Waals surface area contributed by atoms with Crippen LogP contribution < -0.4 is 0 Å². The van der Waals surface area contributed by atoms with Crippen molar-refractivity contribution in [1.82, 2.24) is 9.97 Å². The van der Waals surface area contributed by atoms with E-state index in [9.17, 15) is 0 Å². The summed E-state index contributed by atoms with van der Waals surface area (Å²) in [6.07, 6.45) is 0. The molecule has 0 amide bonds. The van der Waals surface area contributed by atoms with Crippen LogP contribution in [0.1, 0.15) is 25.0 Å². The second kappa shape index (κ2) is 13.2. The van der Waals surface area contributed by atoms with E-state index in [2.05, 4.69) is 190 Å². The lowest BCUT2D eigenvalue weighted by Gasteiger charge is -2.22. The number of nitrogens with zero attached hydrogens (tertiary/aromatic N) is 2. The van der Waals surface area contributed by atoms with Crippen molar-refractivity contribution >= 4 is 43.5 Å². The molecule has 0 saturated heterocycles. The molecular formula is C57H38N2O. The van der Waals surface area contributed by atoms with Gasteiger partial charge >= 0.3 is 0 Å². The van der Waals surface area contributed by atoms with Gasteiger partial charge in [-0.15, -0.1) is 0 Å². The molecule has 1 aliphatic rings. The molecule has 0 unspecified atom stereocenters. The van der Waals surface area contributed by atoms with E-state index in [1.54, 1.807) is 0 Å². The number of benzene rings is 9. The van der Waals surface area contributed by atoms with Crippen molar-refractivity contribution in [3.8, 4) is 67.3 Å². The van der Waals surface area contributed by atoms with Crippen molar-refractivity contribution in [3.05, 3.63) is 205 Å². The van der Waals surface area contributed by atoms with Crippen LogP contribution in [-0.2, 0) is 5.41 Å². The van der Waals surface area contributed by atoms with Gasteiger partial charge in [0.15, 0.2) is 5.82 Å². The molecule has 1 aliphatic carbocycles. The standard InChI is InChI=1S/C57H38N2O/c1-57(2)49-21-12-20-47(55(49)48-31-36-15-6-7-16-37(36)32-50(48)57)52-34-51(58-56(59-52)35-13-4-3-5-14-35)42-26-24-38-29-40(25-23-39(38)30-42)43-17-8-9-18-44(43)41-27-28-46-45-19-10-11-22-53(45)60-54(46)33-41/h3-34H,1-2H3. The Morgan fingerprint density at radius 1 is 0.367 bits per heavy atom. The molecule has 2 aromatic heterocycles. The highest BCUT2D eigenvalue weighted by Gasteiger charge is 2.37. The maximum absolute atomic E-state index is 6.28. The normalized spacial score (nSPS) is 13.0. The van der Waals surface area contributed by atoms with Gasteiger partial charge in [-0.2, -0.15) is 0 Å². The van der Waals surface area contributed by atoms with Crippen LogP contribution in [0.15, 0.2) is 199 Å². The van der Waals surface area contributed by atoms with E-state index in [1.807, 2.05) is 18.2 Å². The average Bonchev–Trinajstić information content (AvgIpc) is 3.79. The van der Waals surface area contributed by atoms with Crippen LogP contribution >= 0.6 is 0 Å². The fourth-order valence-electron chi connectivity index (χ4n) is 9.59. The first-order chi connectivity index (χ1) is 29.5. The molecule has 0 N–H and O–H groups in total. The van der Waals surface area contributed by atoms with Gasteiger partial charge in [-0.05, 0) is 115 Å². The second-order valence-corrected chi connectivity index (χ2v) is 16.6. The predicted octanol–water partition coefficient (Wildman–Crippen LogP) is 15.3. The number of furan rings is 1. The van der Waals surface area contributed by atoms with Crippen molar-refractivity contribution in [2.24, 2.45) is 0 Å². The van der Waals surface area contributed by atoms with Crippen LogP contribution in [0.4, 0.5) is 0 Å². The van der Waals surface area contributed by atoms with Crippen molar-refractivity contribution in [3.63, 3.8) is 0 Å². The molecule has 11 aromatic rings. The lowest BCUT2D eigenvalue weighted by molar-refractivity contribution is 0.661. The molecule has 2 heterocycles. The van der Waals surface area contributed by atoms with Gasteiger partial charge in [-0.25, -0.2) is 9.97 Å². The summed E-state index contributed by atoms with van der Waals surface area (Å²) in [5.74, 6) is 0.713. The summed E-state index contributed by atoms with van der Waals surface area (Å²) in [4.78, 5) is 10.6. The Balaban J connectivity index is 0.965. The number of para-hydroxylation sites is 1. The van der Waals surface area contributed by atoms with Crippen LogP contribution in [0, 0.1) is 0 Å². The van der Waals surface area contributed by atoms with E-state index >= 15 is 0 Å². The molecule has 0 radical (unpaired) electrons. The zero-order valence-corrected chi connectivity index (χ0v) is 33.3. The van der Waals surface area contributed by atoms with Crippen LogP contribution in [0.25, 0.3) is 111 Å². The van der Waals surface area contributed by atoms with Crippen molar-refractivity contribution in [2.45, 2.75) is 19.3 Å². The maximum atomic E-state index is 6.28. The molecule has 0 aliphatic heterocycles. The minimum absolute atomic E-state index is 0.150. The highest BCUT2D eigenvalue weighted by atomic mass is 16.3. The molecule has 0 bridgehead atoms. The third-order valence-corrected chi connectivity index (χ3v) is 12.7. The Hall–Kier alpha value is -7.62. The van der Waals surface area contributed by atoms with Gasteiger partial charge < -0.3 is 4.42 Å². The summed E-state index contributed by atoms with van der Waals surface area (Å²) in [5.41, 5.74) is 16.5. The van der Waals surface area contributed by atoms with Gasteiger partial charge in [0.1, 0.15) is 11.2 Å². The van der Waals surface area contributed by atoms with Crippen molar-refractivity contribution < 1.29 is 4.42 Å². The summed E-state index contributed by atoms with van der Waals surface area (Å²) in [5, 5.41) is 7.11. The molecule has 0 fully saturated rings. The number of hydrogen-bond donors (Lipinski definition) is 0. The van der Waals surface area contributed by atoms with Gasteiger partial charge in [0, 0.05) is 32.9 Å². The largest absolute Gasteiger partial charge is 0.456 e. The quantitative estimate of drug-likeness (QED) is 0.175. The third kappa shape index (κ3) is 5.43. The SMILES string of the molecule is CC1(C)c2cc3ccccc3cc2-c2c(-c3cc(-c4ccc5cc(-c6ccccc6-c6ccc7c(c6)oc6ccccc67)ccc5c4)nc(-c4ccccc4)n3)cccc21. The van der Waals surface area contributed by atoms with Gasteiger partial charge in [0.05, 0.1) is 11.4 Å². The molecule has 0 spiro atoms. The smallest absolute Gasteiger partial charge is 0.160 e. The second-order valence-electron chi connectivity index (χ2n) is 16.6. The van der Waals surface area contributed by atoms with Crippen LogP contribution in [0.3, 0.4) is 0 Å². The first-order valence-electron chi connectivity index (χ1n) is 20.6. The number of hydrogen-bond acceptors (Lipinski definition) is 3. The van der Waals surface area contributed by atoms with E-state index in [0.29, 0.717) is 5.82 Å². The average molecular weight is 767 g/mol.